The Bertz CT molecular complexity index is 3270. The normalized spacial score (nSPS) is 13.6. The van der Waals surface area contributed by atoms with E-state index < -0.39 is 0 Å². The first-order chi connectivity index (χ1) is 32.6. The minimum atomic E-state index is 0.153. The molecule has 1 saturated carbocycles. The van der Waals surface area contributed by atoms with Crippen molar-refractivity contribution in [2.24, 2.45) is 0 Å². The van der Waals surface area contributed by atoms with Crippen molar-refractivity contribution in [2.45, 2.75) is 37.5 Å². The van der Waals surface area contributed by atoms with Crippen LogP contribution in [0.4, 0.5) is 0 Å². The summed E-state index contributed by atoms with van der Waals surface area (Å²) in [7, 11) is 0. The molecule has 1 aromatic heterocycles. The third-order valence-corrected chi connectivity index (χ3v) is 14.0. The summed E-state index contributed by atoms with van der Waals surface area (Å²) in [6.45, 7) is 0. The molecule has 0 atom stereocenters. The first kappa shape index (κ1) is 39.6. The molecular formula is C63H47N3. The van der Waals surface area contributed by atoms with Crippen LogP contribution in [0.2, 0.25) is 0 Å². The van der Waals surface area contributed by atoms with Crippen LogP contribution in [0.1, 0.15) is 43.2 Å². The fraction of sp³-hybridized carbons (Fsp3) is 0.0952. The van der Waals surface area contributed by atoms with Crippen molar-refractivity contribution < 1.29 is 0 Å². The van der Waals surface area contributed by atoms with Gasteiger partial charge >= 0.3 is 0 Å². The van der Waals surface area contributed by atoms with E-state index in [1.54, 1.807) is 0 Å². The molecule has 3 heteroatoms. The zero-order valence-corrected chi connectivity index (χ0v) is 36.7. The van der Waals surface area contributed by atoms with Crippen LogP contribution >= 0.6 is 0 Å². The van der Waals surface area contributed by atoms with E-state index in [2.05, 4.69) is 212 Å². The van der Waals surface area contributed by atoms with Gasteiger partial charge in [0.2, 0.25) is 0 Å². The molecule has 0 aliphatic heterocycles. The first-order valence-corrected chi connectivity index (χ1v) is 23.3. The lowest BCUT2D eigenvalue weighted by Crippen LogP contribution is -2.28. The predicted molar refractivity (Wildman–Crippen MR) is 273 cm³/mol. The SMILES string of the molecule is c1ccc(-c2cccc(-c3nc(-c4ccc(-c5cccc(-c6ccc(-c7ccc8c(c7)C7(CCCCC7)c7ccccc7-8)cc6)c5)cc4)nc(-c4cccc(-c5ccccc5)c4)n3)c2)cc1. The summed E-state index contributed by atoms with van der Waals surface area (Å²) in [5.74, 6) is 1.90. The van der Waals surface area contributed by atoms with E-state index in [1.165, 1.54) is 76.6 Å². The molecule has 0 N–H and O–H groups in total. The van der Waals surface area contributed by atoms with Crippen LogP contribution in [-0.4, -0.2) is 15.0 Å². The Hall–Kier alpha value is -8.01. The Kier molecular flexibility index (Phi) is 10.1. The summed E-state index contributed by atoms with van der Waals surface area (Å²) in [5.41, 5.74) is 20.6. The van der Waals surface area contributed by atoms with Crippen molar-refractivity contribution in [3.05, 3.63) is 236 Å². The maximum Gasteiger partial charge on any atom is 0.164 e. The lowest BCUT2D eigenvalue weighted by molar-refractivity contribution is 0.353. The third-order valence-electron chi connectivity index (χ3n) is 14.0. The highest BCUT2D eigenvalue weighted by molar-refractivity contribution is 5.85. The van der Waals surface area contributed by atoms with Crippen LogP contribution in [0, 0.1) is 0 Å². The summed E-state index contributed by atoms with van der Waals surface area (Å²) in [5, 5.41) is 0. The highest BCUT2D eigenvalue weighted by Crippen LogP contribution is 2.56. The second-order valence-corrected chi connectivity index (χ2v) is 17.9. The number of aromatic nitrogens is 3. The Morgan fingerprint density at radius 1 is 0.242 bits per heavy atom. The van der Waals surface area contributed by atoms with E-state index in [9.17, 15) is 0 Å². The molecule has 0 bridgehead atoms. The lowest BCUT2D eigenvalue weighted by atomic mass is 9.67. The van der Waals surface area contributed by atoms with Gasteiger partial charge in [-0.05, 0) is 115 Å². The van der Waals surface area contributed by atoms with Gasteiger partial charge in [0.25, 0.3) is 0 Å². The Balaban J connectivity index is 0.845. The summed E-state index contributed by atoms with van der Waals surface area (Å²) in [4.78, 5) is 15.4. The Labute approximate surface area is 387 Å². The van der Waals surface area contributed by atoms with E-state index in [4.69, 9.17) is 15.0 Å². The zero-order chi connectivity index (χ0) is 43.9. The highest BCUT2D eigenvalue weighted by Gasteiger charge is 2.43. The van der Waals surface area contributed by atoms with E-state index in [0.29, 0.717) is 17.5 Å². The van der Waals surface area contributed by atoms with Crippen molar-refractivity contribution in [3.8, 4) is 101 Å². The monoisotopic (exact) mass is 845 g/mol. The van der Waals surface area contributed by atoms with Gasteiger partial charge in [-0.3, -0.25) is 0 Å². The quantitative estimate of drug-likeness (QED) is 0.153. The molecule has 314 valence electrons. The van der Waals surface area contributed by atoms with Gasteiger partial charge in [-0.2, -0.15) is 0 Å². The highest BCUT2D eigenvalue weighted by atomic mass is 15.0. The van der Waals surface area contributed by atoms with E-state index >= 15 is 0 Å². The van der Waals surface area contributed by atoms with E-state index in [1.807, 2.05) is 12.1 Å². The number of nitrogens with zero attached hydrogens (tertiary/aromatic N) is 3. The van der Waals surface area contributed by atoms with Gasteiger partial charge in [-0.15, -0.1) is 0 Å². The number of hydrogen-bond donors (Lipinski definition) is 0. The van der Waals surface area contributed by atoms with Crippen LogP contribution in [-0.2, 0) is 5.41 Å². The molecule has 1 spiro atoms. The smallest absolute Gasteiger partial charge is 0.164 e. The van der Waals surface area contributed by atoms with Crippen LogP contribution in [0.25, 0.3) is 101 Å². The lowest BCUT2D eigenvalue weighted by Gasteiger charge is -2.36. The van der Waals surface area contributed by atoms with Gasteiger partial charge in [-0.25, -0.2) is 15.0 Å². The summed E-state index contributed by atoms with van der Waals surface area (Å²) < 4.78 is 0. The van der Waals surface area contributed by atoms with Crippen LogP contribution < -0.4 is 0 Å². The number of rotatable bonds is 8. The second-order valence-electron chi connectivity index (χ2n) is 17.9. The van der Waals surface area contributed by atoms with Gasteiger partial charge < -0.3 is 0 Å². The third kappa shape index (κ3) is 7.33. The molecule has 3 nitrogen and oxygen atoms in total. The van der Waals surface area contributed by atoms with E-state index in [0.717, 1.165) is 50.1 Å². The molecule has 66 heavy (non-hydrogen) atoms. The average molecular weight is 846 g/mol. The first-order valence-electron chi connectivity index (χ1n) is 23.3. The second kappa shape index (κ2) is 16.8. The van der Waals surface area contributed by atoms with Gasteiger partial charge in [0, 0.05) is 22.1 Å². The van der Waals surface area contributed by atoms with Crippen molar-refractivity contribution >= 4 is 0 Å². The van der Waals surface area contributed by atoms with E-state index in [-0.39, 0.29) is 5.41 Å². The van der Waals surface area contributed by atoms with Crippen molar-refractivity contribution in [1.29, 1.82) is 0 Å². The maximum absolute atomic E-state index is 5.13. The summed E-state index contributed by atoms with van der Waals surface area (Å²) in [6.07, 6.45) is 6.42. The number of fused-ring (bicyclic) bond motifs is 5. The molecular weight excluding hydrogens is 799 g/mol. The fourth-order valence-electron chi connectivity index (χ4n) is 10.6. The molecule has 0 amide bonds. The van der Waals surface area contributed by atoms with Crippen LogP contribution in [0.15, 0.2) is 224 Å². The van der Waals surface area contributed by atoms with Gasteiger partial charge in [-0.1, -0.05) is 219 Å². The molecule has 9 aromatic carbocycles. The molecule has 12 rings (SSSR count). The minimum absolute atomic E-state index is 0.153. The molecule has 2 aliphatic carbocycles. The maximum atomic E-state index is 5.13. The largest absolute Gasteiger partial charge is 0.208 e. The molecule has 0 saturated heterocycles. The van der Waals surface area contributed by atoms with Gasteiger partial charge in [0.05, 0.1) is 0 Å². The Morgan fingerprint density at radius 2 is 0.591 bits per heavy atom. The molecule has 0 radical (unpaired) electrons. The molecule has 1 fully saturated rings. The minimum Gasteiger partial charge on any atom is -0.208 e. The van der Waals surface area contributed by atoms with Gasteiger partial charge in [0.1, 0.15) is 0 Å². The molecule has 2 aliphatic rings. The van der Waals surface area contributed by atoms with Crippen molar-refractivity contribution in [1.82, 2.24) is 15.0 Å². The molecule has 10 aromatic rings. The van der Waals surface area contributed by atoms with Crippen LogP contribution in [0.3, 0.4) is 0 Å². The zero-order valence-electron chi connectivity index (χ0n) is 36.7. The molecule has 1 heterocycles. The topological polar surface area (TPSA) is 38.7 Å². The Morgan fingerprint density at radius 3 is 1.11 bits per heavy atom. The number of hydrogen-bond acceptors (Lipinski definition) is 3. The van der Waals surface area contributed by atoms with Crippen molar-refractivity contribution in [3.63, 3.8) is 0 Å². The predicted octanol–water partition coefficient (Wildman–Crippen LogP) is 16.4. The fourth-order valence-corrected chi connectivity index (χ4v) is 10.6. The summed E-state index contributed by atoms with van der Waals surface area (Å²) in [6, 6.07) is 80.7. The summed E-state index contributed by atoms with van der Waals surface area (Å²) >= 11 is 0. The standard InChI is InChI=1S/C63H47N3/c1-4-15-43(16-5-1)51-21-13-23-54(40-51)61-64-60(65-62(66-61)55-24-14-22-52(41-55)44-17-6-2-7-18-44)48-33-31-46(32-34-48)50-20-12-19-49(39-50)45-27-29-47(30-28-45)53-35-36-57-56-25-8-9-26-58(56)63(59(57)42-53)37-10-3-11-38-63/h1-2,4-9,12-36,39-42H,3,10-11,37-38H2. The number of benzene rings is 9. The average Bonchev–Trinajstić information content (AvgIpc) is 3.66. The van der Waals surface area contributed by atoms with Crippen LogP contribution in [0.5, 0.6) is 0 Å². The molecule has 0 unspecified atom stereocenters. The van der Waals surface area contributed by atoms with Crippen molar-refractivity contribution in [2.75, 3.05) is 0 Å². The van der Waals surface area contributed by atoms with Gasteiger partial charge in [0.15, 0.2) is 17.5 Å².